The van der Waals surface area contributed by atoms with E-state index in [1.807, 2.05) is 12.1 Å². The molecule has 2 aromatic carbocycles. The van der Waals surface area contributed by atoms with Gasteiger partial charge in [-0.25, -0.2) is 4.79 Å². The summed E-state index contributed by atoms with van der Waals surface area (Å²) in [4.78, 5) is 13.8. The smallest absolute Gasteiger partial charge is 0.338 e. The zero-order valence-corrected chi connectivity index (χ0v) is 14.4. The average molecular weight is 340 g/mol. The van der Waals surface area contributed by atoms with E-state index in [9.17, 15) is 4.79 Å². The highest BCUT2D eigenvalue weighted by molar-refractivity contribution is 7.80. The molecule has 1 aliphatic rings. The normalized spacial score (nSPS) is 13.1. The zero-order valence-electron chi connectivity index (χ0n) is 13.6. The first-order valence-corrected chi connectivity index (χ1v) is 8.48. The minimum absolute atomic E-state index is 0.306. The summed E-state index contributed by atoms with van der Waals surface area (Å²) < 4.78 is 4.98. The second kappa shape index (κ2) is 7.45. The first kappa shape index (κ1) is 16.5. The van der Waals surface area contributed by atoms with Crippen LogP contribution in [0.4, 0.5) is 5.69 Å². The number of ether oxygens (including phenoxy) is 1. The number of rotatable bonds is 3. The molecule has 0 saturated heterocycles. The van der Waals surface area contributed by atoms with Gasteiger partial charge in [0.05, 0.1) is 12.2 Å². The van der Waals surface area contributed by atoms with Gasteiger partial charge in [0.25, 0.3) is 0 Å². The van der Waals surface area contributed by atoms with Crippen molar-refractivity contribution in [3.63, 3.8) is 0 Å². The van der Waals surface area contributed by atoms with E-state index in [0.717, 1.165) is 25.2 Å². The Kier molecular flexibility index (Phi) is 5.11. The van der Waals surface area contributed by atoms with Crippen LogP contribution in [0.15, 0.2) is 48.5 Å². The van der Waals surface area contributed by atoms with Crippen LogP contribution in [0.3, 0.4) is 0 Å². The van der Waals surface area contributed by atoms with Gasteiger partial charge in [0.15, 0.2) is 5.11 Å². The number of carbonyl (C=O) groups is 1. The summed E-state index contributed by atoms with van der Waals surface area (Å²) in [5, 5.41) is 3.95. The summed E-state index contributed by atoms with van der Waals surface area (Å²) in [5.41, 5.74) is 4.13. The van der Waals surface area contributed by atoms with Crippen LogP contribution in [0.1, 0.15) is 28.4 Å². The van der Waals surface area contributed by atoms with Gasteiger partial charge in [0, 0.05) is 18.8 Å². The first-order valence-electron chi connectivity index (χ1n) is 8.07. The van der Waals surface area contributed by atoms with E-state index in [2.05, 4.69) is 34.5 Å². The van der Waals surface area contributed by atoms with Crippen LogP contribution < -0.4 is 5.32 Å². The van der Waals surface area contributed by atoms with Crippen molar-refractivity contribution in [1.29, 1.82) is 0 Å². The summed E-state index contributed by atoms with van der Waals surface area (Å²) in [5.74, 6) is -0.306. The number of nitrogens with one attached hydrogen (secondary N) is 1. The van der Waals surface area contributed by atoms with Crippen molar-refractivity contribution in [2.75, 3.05) is 18.5 Å². The fourth-order valence-electron chi connectivity index (χ4n) is 2.78. The lowest BCUT2D eigenvalue weighted by molar-refractivity contribution is 0.0526. The van der Waals surface area contributed by atoms with Crippen molar-refractivity contribution >= 4 is 29.0 Å². The van der Waals surface area contributed by atoms with Gasteiger partial charge >= 0.3 is 5.97 Å². The minimum atomic E-state index is -0.306. The predicted molar refractivity (Wildman–Crippen MR) is 99.2 cm³/mol. The number of fused-ring (bicyclic) bond motifs is 1. The Morgan fingerprint density at radius 3 is 2.58 bits per heavy atom. The van der Waals surface area contributed by atoms with E-state index in [0.29, 0.717) is 17.3 Å². The van der Waals surface area contributed by atoms with Crippen LogP contribution in [-0.4, -0.2) is 29.1 Å². The Labute approximate surface area is 147 Å². The number of benzene rings is 2. The quantitative estimate of drug-likeness (QED) is 0.683. The second-order valence-corrected chi connectivity index (χ2v) is 6.05. The van der Waals surface area contributed by atoms with E-state index in [1.165, 1.54) is 11.1 Å². The molecule has 0 amide bonds. The summed E-state index contributed by atoms with van der Waals surface area (Å²) in [6.07, 6.45) is 1.000. The molecule has 1 N–H and O–H groups in total. The molecular weight excluding hydrogens is 320 g/mol. The predicted octanol–water partition coefficient (Wildman–Crippen LogP) is 3.62. The molecule has 0 saturated carbocycles. The van der Waals surface area contributed by atoms with E-state index in [-0.39, 0.29) is 5.97 Å². The third-order valence-corrected chi connectivity index (χ3v) is 4.43. The Morgan fingerprint density at radius 2 is 1.88 bits per heavy atom. The molecule has 5 heteroatoms. The standard InChI is InChI=1S/C19H20N2O2S/c1-2-23-18(22)15-7-9-17(10-8-15)20-19(24)21-12-11-14-5-3-4-6-16(14)13-21/h3-10H,2,11-13H2,1H3,(H,20,24). The van der Waals surface area contributed by atoms with E-state index in [1.54, 1.807) is 19.1 Å². The summed E-state index contributed by atoms with van der Waals surface area (Å²) in [6, 6.07) is 15.6. The third-order valence-electron chi connectivity index (χ3n) is 4.07. The van der Waals surface area contributed by atoms with E-state index in [4.69, 9.17) is 17.0 Å². The van der Waals surface area contributed by atoms with Crippen LogP contribution in [0, 0.1) is 0 Å². The number of nitrogens with zero attached hydrogens (tertiary/aromatic N) is 1. The minimum Gasteiger partial charge on any atom is -0.462 e. The number of carbonyl (C=O) groups excluding carboxylic acids is 1. The molecule has 0 bridgehead atoms. The molecule has 1 heterocycles. The molecule has 0 aliphatic carbocycles. The van der Waals surface area contributed by atoms with Crippen LogP contribution in [-0.2, 0) is 17.7 Å². The molecule has 2 aromatic rings. The maximum Gasteiger partial charge on any atom is 0.338 e. The van der Waals surface area contributed by atoms with Gasteiger partial charge in [0.2, 0.25) is 0 Å². The topological polar surface area (TPSA) is 41.6 Å². The number of anilines is 1. The molecule has 0 radical (unpaired) electrons. The SMILES string of the molecule is CCOC(=O)c1ccc(NC(=S)N2CCc3ccccc3C2)cc1. The molecule has 4 nitrogen and oxygen atoms in total. The largest absolute Gasteiger partial charge is 0.462 e. The fourth-order valence-corrected chi connectivity index (χ4v) is 3.05. The average Bonchev–Trinajstić information content (AvgIpc) is 2.62. The molecule has 0 spiro atoms. The van der Waals surface area contributed by atoms with Gasteiger partial charge in [-0.1, -0.05) is 24.3 Å². The van der Waals surface area contributed by atoms with Crippen LogP contribution >= 0.6 is 12.2 Å². The third kappa shape index (κ3) is 3.74. The molecule has 1 aliphatic heterocycles. The highest BCUT2D eigenvalue weighted by Gasteiger charge is 2.18. The monoisotopic (exact) mass is 340 g/mol. The number of esters is 1. The van der Waals surface area contributed by atoms with E-state index < -0.39 is 0 Å². The fraction of sp³-hybridized carbons (Fsp3) is 0.263. The molecule has 0 atom stereocenters. The lowest BCUT2D eigenvalue weighted by atomic mass is 10.0. The Bertz CT molecular complexity index is 743. The van der Waals surface area contributed by atoms with E-state index >= 15 is 0 Å². The van der Waals surface area contributed by atoms with Gasteiger partial charge in [-0.2, -0.15) is 0 Å². The van der Waals surface area contributed by atoms with Gasteiger partial charge < -0.3 is 15.0 Å². The molecule has 0 aromatic heterocycles. The Morgan fingerprint density at radius 1 is 1.17 bits per heavy atom. The van der Waals surface area contributed by atoms with Gasteiger partial charge in [-0.3, -0.25) is 0 Å². The van der Waals surface area contributed by atoms with Crippen molar-refractivity contribution < 1.29 is 9.53 Å². The van der Waals surface area contributed by atoms with Crippen molar-refractivity contribution in [2.45, 2.75) is 19.9 Å². The van der Waals surface area contributed by atoms with Gasteiger partial charge in [-0.05, 0) is 61.0 Å². The lowest BCUT2D eigenvalue weighted by Crippen LogP contribution is -2.38. The van der Waals surface area contributed by atoms with Crippen LogP contribution in [0.5, 0.6) is 0 Å². The van der Waals surface area contributed by atoms with Crippen LogP contribution in [0.2, 0.25) is 0 Å². The summed E-state index contributed by atoms with van der Waals surface area (Å²) in [7, 11) is 0. The van der Waals surface area contributed by atoms with Crippen molar-refractivity contribution in [1.82, 2.24) is 4.90 Å². The summed E-state index contributed by atoms with van der Waals surface area (Å²) in [6.45, 7) is 3.90. The summed E-state index contributed by atoms with van der Waals surface area (Å²) >= 11 is 5.53. The Balaban J connectivity index is 1.62. The molecule has 3 rings (SSSR count). The highest BCUT2D eigenvalue weighted by Crippen LogP contribution is 2.20. The molecule has 0 unspecified atom stereocenters. The second-order valence-electron chi connectivity index (χ2n) is 5.67. The van der Waals surface area contributed by atoms with Crippen molar-refractivity contribution in [2.24, 2.45) is 0 Å². The zero-order chi connectivity index (χ0) is 16.9. The Hall–Kier alpha value is -2.40. The van der Waals surface area contributed by atoms with Crippen molar-refractivity contribution in [3.05, 3.63) is 65.2 Å². The number of hydrogen-bond acceptors (Lipinski definition) is 3. The lowest BCUT2D eigenvalue weighted by Gasteiger charge is -2.31. The van der Waals surface area contributed by atoms with Crippen LogP contribution in [0.25, 0.3) is 0 Å². The number of hydrogen-bond donors (Lipinski definition) is 1. The molecule has 124 valence electrons. The van der Waals surface area contributed by atoms with Gasteiger partial charge in [0.1, 0.15) is 0 Å². The molecule has 0 fully saturated rings. The van der Waals surface area contributed by atoms with Crippen molar-refractivity contribution in [3.8, 4) is 0 Å². The first-order chi connectivity index (χ1) is 11.7. The molecule has 24 heavy (non-hydrogen) atoms. The van der Waals surface area contributed by atoms with Gasteiger partial charge in [-0.15, -0.1) is 0 Å². The maximum absolute atomic E-state index is 11.7. The highest BCUT2D eigenvalue weighted by atomic mass is 32.1. The molecular formula is C19H20N2O2S. The maximum atomic E-state index is 11.7. The number of thiocarbonyl (C=S) groups is 1.